The zero-order chi connectivity index (χ0) is 10.3. The number of hydrogen-bond acceptors (Lipinski definition) is 2. The summed E-state index contributed by atoms with van der Waals surface area (Å²) in [7, 11) is 1.87. The Hall–Kier alpha value is -1.16. The third-order valence-corrected chi connectivity index (χ3v) is 2.99. The highest BCUT2D eigenvalue weighted by Crippen LogP contribution is 2.26. The zero-order valence-electron chi connectivity index (χ0n) is 7.91. The molecular formula is C10H9BrN2O. The van der Waals surface area contributed by atoms with Crippen molar-refractivity contribution in [3.05, 3.63) is 27.9 Å². The standard InChI is InChI=1S/C10H9BrN2O/c1-6-10-7(5-14)8(11)3-4-9(10)13(2)12-6/h3-5H,1-2H3. The van der Waals surface area contributed by atoms with E-state index in [1.54, 1.807) is 4.68 Å². The Balaban J connectivity index is 2.99. The third-order valence-electron chi connectivity index (χ3n) is 2.30. The minimum atomic E-state index is 0.674. The molecule has 3 nitrogen and oxygen atoms in total. The van der Waals surface area contributed by atoms with Crippen molar-refractivity contribution in [1.82, 2.24) is 9.78 Å². The first-order chi connectivity index (χ1) is 6.65. The molecule has 14 heavy (non-hydrogen) atoms. The summed E-state index contributed by atoms with van der Waals surface area (Å²) < 4.78 is 2.60. The van der Waals surface area contributed by atoms with Crippen LogP contribution in [0.5, 0.6) is 0 Å². The lowest BCUT2D eigenvalue weighted by molar-refractivity contribution is 0.112. The van der Waals surface area contributed by atoms with E-state index in [1.807, 2.05) is 26.1 Å². The van der Waals surface area contributed by atoms with Gasteiger partial charge < -0.3 is 0 Å². The minimum absolute atomic E-state index is 0.674. The van der Waals surface area contributed by atoms with Gasteiger partial charge in [-0.15, -0.1) is 0 Å². The van der Waals surface area contributed by atoms with Crippen molar-refractivity contribution < 1.29 is 4.79 Å². The maximum atomic E-state index is 10.9. The first-order valence-corrected chi connectivity index (χ1v) is 5.01. The summed E-state index contributed by atoms with van der Waals surface area (Å²) in [6.45, 7) is 1.90. The van der Waals surface area contributed by atoms with Gasteiger partial charge in [-0.25, -0.2) is 0 Å². The van der Waals surface area contributed by atoms with Crippen LogP contribution in [0.4, 0.5) is 0 Å². The Kier molecular flexibility index (Phi) is 2.15. The average molecular weight is 253 g/mol. The minimum Gasteiger partial charge on any atom is -0.298 e. The fourth-order valence-corrected chi connectivity index (χ4v) is 2.10. The van der Waals surface area contributed by atoms with Crippen LogP contribution in [0.25, 0.3) is 10.9 Å². The van der Waals surface area contributed by atoms with Crippen molar-refractivity contribution in [2.45, 2.75) is 6.92 Å². The van der Waals surface area contributed by atoms with E-state index in [0.29, 0.717) is 5.56 Å². The van der Waals surface area contributed by atoms with Gasteiger partial charge in [0.05, 0.1) is 11.2 Å². The molecule has 0 radical (unpaired) electrons. The Bertz CT molecular complexity index is 516. The Morgan fingerprint density at radius 3 is 2.86 bits per heavy atom. The third kappa shape index (κ3) is 1.18. The first-order valence-electron chi connectivity index (χ1n) is 4.22. The quantitative estimate of drug-likeness (QED) is 0.731. The highest BCUT2D eigenvalue weighted by molar-refractivity contribution is 9.10. The summed E-state index contributed by atoms with van der Waals surface area (Å²) in [6.07, 6.45) is 0.862. The average Bonchev–Trinajstić information content (AvgIpc) is 2.43. The summed E-state index contributed by atoms with van der Waals surface area (Å²) in [5.74, 6) is 0. The molecule has 1 aromatic heterocycles. The molecule has 4 heteroatoms. The van der Waals surface area contributed by atoms with Gasteiger partial charge in [0, 0.05) is 22.5 Å². The maximum absolute atomic E-state index is 10.9. The largest absolute Gasteiger partial charge is 0.298 e. The van der Waals surface area contributed by atoms with Crippen LogP contribution in [0.15, 0.2) is 16.6 Å². The second-order valence-electron chi connectivity index (χ2n) is 3.18. The molecule has 1 heterocycles. The molecule has 0 aliphatic heterocycles. The summed E-state index contributed by atoms with van der Waals surface area (Å²) >= 11 is 3.35. The van der Waals surface area contributed by atoms with Gasteiger partial charge in [0.15, 0.2) is 6.29 Å². The number of aldehydes is 1. The van der Waals surface area contributed by atoms with Crippen LogP contribution in [-0.4, -0.2) is 16.1 Å². The summed E-state index contributed by atoms with van der Waals surface area (Å²) in [4.78, 5) is 10.9. The predicted molar refractivity (Wildman–Crippen MR) is 58.5 cm³/mol. The highest BCUT2D eigenvalue weighted by atomic mass is 79.9. The number of aryl methyl sites for hydroxylation is 2. The Morgan fingerprint density at radius 1 is 1.50 bits per heavy atom. The van der Waals surface area contributed by atoms with Crippen molar-refractivity contribution in [2.75, 3.05) is 0 Å². The number of benzene rings is 1. The van der Waals surface area contributed by atoms with E-state index >= 15 is 0 Å². The first kappa shape index (κ1) is 9.40. The monoisotopic (exact) mass is 252 g/mol. The molecule has 0 atom stereocenters. The summed E-state index contributed by atoms with van der Waals surface area (Å²) in [5, 5.41) is 5.20. The van der Waals surface area contributed by atoms with Gasteiger partial charge in [-0.2, -0.15) is 5.10 Å². The zero-order valence-corrected chi connectivity index (χ0v) is 9.50. The fourth-order valence-electron chi connectivity index (χ4n) is 1.68. The molecule has 0 fully saturated rings. The molecule has 0 N–H and O–H groups in total. The molecule has 72 valence electrons. The second kappa shape index (κ2) is 3.20. The van der Waals surface area contributed by atoms with Crippen molar-refractivity contribution in [2.24, 2.45) is 7.05 Å². The van der Waals surface area contributed by atoms with Crippen molar-refractivity contribution in [3.63, 3.8) is 0 Å². The molecule has 2 rings (SSSR count). The smallest absolute Gasteiger partial charge is 0.151 e. The van der Waals surface area contributed by atoms with Gasteiger partial charge in [-0.05, 0) is 19.1 Å². The van der Waals surface area contributed by atoms with Crippen LogP contribution in [-0.2, 0) is 7.05 Å². The fraction of sp³-hybridized carbons (Fsp3) is 0.200. The molecule has 0 unspecified atom stereocenters. The van der Waals surface area contributed by atoms with Gasteiger partial charge in [-0.1, -0.05) is 15.9 Å². The maximum Gasteiger partial charge on any atom is 0.151 e. The van der Waals surface area contributed by atoms with Gasteiger partial charge in [0.25, 0.3) is 0 Å². The van der Waals surface area contributed by atoms with E-state index in [0.717, 1.165) is 27.4 Å². The van der Waals surface area contributed by atoms with Crippen LogP contribution >= 0.6 is 15.9 Å². The molecule has 0 aliphatic rings. The van der Waals surface area contributed by atoms with E-state index in [1.165, 1.54) is 0 Å². The van der Waals surface area contributed by atoms with Crippen molar-refractivity contribution in [3.8, 4) is 0 Å². The van der Waals surface area contributed by atoms with Gasteiger partial charge in [-0.3, -0.25) is 9.48 Å². The molecule has 0 bridgehead atoms. The van der Waals surface area contributed by atoms with Crippen molar-refractivity contribution >= 4 is 33.1 Å². The van der Waals surface area contributed by atoms with Gasteiger partial charge >= 0.3 is 0 Å². The lowest BCUT2D eigenvalue weighted by Crippen LogP contribution is -1.89. The number of aromatic nitrogens is 2. The van der Waals surface area contributed by atoms with E-state index in [-0.39, 0.29) is 0 Å². The molecule has 0 aliphatic carbocycles. The van der Waals surface area contributed by atoms with E-state index in [9.17, 15) is 4.79 Å². The second-order valence-corrected chi connectivity index (χ2v) is 4.04. The lowest BCUT2D eigenvalue weighted by atomic mass is 10.1. The van der Waals surface area contributed by atoms with Crippen LogP contribution in [0.1, 0.15) is 16.1 Å². The van der Waals surface area contributed by atoms with Gasteiger partial charge in [0.1, 0.15) is 0 Å². The molecule has 0 saturated carbocycles. The number of hydrogen-bond donors (Lipinski definition) is 0. The number of nitrogens with zero attached hydrogens (tertiary/aromatic N) is 2. The predicted octanol–water partition coefficient (Wildman–Crippen LogP) is 2.46. The van der Waals surface area contributed by atoms with Crippen molar-refractivity contribution in [1.29, 1.82) is 0 Å². The number of carbonyl (C=O) groups is 1. The van der Waals surface area contributed by atoms with Crippen LogP contribution < -0.4 is 0 Å². The summed E-state index contributed by atoms with van der Waals surface area (Å²) in [5.41, 5.74) is 2.53. The van der Waals surface area contributed by atoms with E-state index < -0.39 is 0 Å². The molecule has 0 spiro atoms. The van der Waals surface area contributed by atoms with E-state index in [2.05, 4.69) is 21.0 Å². The number of carbonyl (C=O) groups excluding carboxylic acids is 1. The molecule has 0 amide bonds. The highest BCUT2D eigenvalue weighted by Gasteiger charge is 2.11. The molecular weight excluding hydrogens is 244 g/mol. The SMILES string of the molecule is Cc1nn(C)c2ccc(Br)c(C=O)c12. The van der Waals surface area contributed by atoms with Crippen LogP contribution in [0.3, 0.4) is 0 Å². The number of rotatable bonds is 1. The van der Waals surface area contributed by atoms with Gasteiger partial charge in [0.2, 0.25) is 0 Å². The molecule has 1 aromatic carbocycles. The molecule has 2 aromatic rings. The topological polar surface area (TPSA) is 34.9 Å². The molecule has 0 saturated heterocycles. The number of halogens is 1. The Morgan fingerprint density at radius 2 is 2.21 bits per heavy atom. The Labute approximate surface area is 89.8 Å². The van der Waals surface area contributed by atoms with Crippen LogP contribution in [0.2, 0.25) is 0 Å². The van der Waals surface area contributed by atoms with E-state index in [4.69, 9.17) is 0 Å². The van der Waals surface area contributed by atoms with Crippen LogP contribution in [0, 0.1) is 6.92 Å². The number of fused-ring (bicyclic) bond motifs is 1. The lowest BCUT2D eigenvalue weighted by Gasteiger charge is -1.99. The summed E-state index contributed by atoms with van der Waals surface area (Å²) in [6, 6.07) is 3.82. The normalized spacial score (nSPS) is 10.8.